The number of hydrogen-bond donors (Lipinski definition) is 1. The first-order valence-corrected chi connectivity index (χ1v) is 7.25. The maximum absolute atomic E-state index is 11.6. The summed E-state index contributed by atoms with van der Waals surface area (Å²) in [5.41, 5.74) is 0.802. The number of hydrogen-bond acceptors (Lipinski definition) is 5. The minimum atomic E-state index is -0.253. The van der Waals surface area contributed by atoms with E-state index in [9.17, 15) is 9.59 Å². The van der Waals surface area contributed by atoms with E-state index in [0.29, 0.717) is 13.2 Å². The Balaban J connectivity index is 2.58. The van der Waals surface area contributed by atoms with E-state index in [1.165, 1.54) is 11.3 Å². The Bertz CT molecular complexity index is 443. The third-order valence-corrected chi connectivity index (χ3v) is 3.59. The van der Waals surface area contributed by atoms with E-state index >= 15 is 0 Å². The quantitative estimate of drug-likeness (QED) is 0.773. The van der Waals surface area contributed by atoms with E-state index in [-0.39, 0.29) is 24.7 Å². The first-order chi connectivity index (χ1) is 9.06. The van der Waals surface area contributed by atoms with Gasteiger partial charge in [-0.1, -0.05) is 6.92 Å². The van der Waals surface area contributed by atoms with Crippen LogP contribution >= 0.6 is 11.3 Å². The van der Waals surface area contributed by atoms with Crippen LogP contribution in [0.1, 0.15) is 35.8 Å². The Morgan fingerprint density at radius 3 is 2.68 bits per heavy atom. The Hall–Kier alpha value is -1.43. The molecule has 1 N–H and O–H groups in total. The van der Waals surface area contributed by atoms with Crippen LogP contribution in [0, 0.1) is 6.92 Å². The van der Waals surface area contributed by atoms with Gasteiger partial charge in [-0.2, -0.15) is 0 Å². The number of amides is 1. The molecule has 0 radical (unpaired) electrons. The molecule has 19 heavy (non-hydrogen) atoms. The molecule has 1 aromatic rings. The lowest BCUT2D eigenvalue weighted by atomic mass is 10.3. The Labute approximate surface area is 117 Å². The molecule has 0 fully saturated rings. The van der Waals surface area contributed by atoms with Crippen molar-refractivity contribution in [3.63, 3.8) is 0 Å². The van der Waals surface area contributed by atoms with Gasteiger partial charge in [0, 0.05) is 11.4 Å². The molecular formula is C13H20N2O3S. The molecule has 1 heterocycles. The van der Waals surface area contributed by atoms with Crippen LogP contribution in [-0.4, -0.2) is 30.0 Å². The van der Waals surface area contributed by atoms with E-state index in [2.05, 4.69) is 10.3 Å². The summed E-state index contributed by atoms with van der Waals surface area (Å²) in [6.07, 6.45) is 1.42. The van der Waals surface area contributed by atoms with Crippen molar-refractivity contribution < 1.29 is 14.3 Å². The van der Waals surface area contributed by atoms with Crippen molar-refractivity contribution in [3.05, 3.63) is 15.6 Å². The fraction of sp³-hybridized carbons (Fsp3) is 0.615. The topological polar surface area (TPSA) is 68.3 Å². The summed E-state index contributed by atoms with van der Waals surface area (Å²) < 4.78 is 4.90. The van der Waals surface area contributed by atoms with Gasteiger partial charge in [0.25, 0.3) is 0 Å². The molecular weight excluding hydrogens is 264 g/mol. The van der Waals surface area contributed by atoms with Crippen LogP contribution in [0.5, 0.6) is 0 Å². The Kier molecular flexibility index (Phi) is 6.49. The third kappa shape index (κ3) is 5.38. The van der Waals surface area contributed by atoms with E-state index in [0.717, 1.165) is 22.0 Å². The fourth-order valence-corrected chi connectivity index (χ4v) is 2.59. The number of nitrogens with one attached hydrogen (secondary N) is 1. The molecule has 0 atom stereocenters. The average molecular weight is 284 g/mol. The zero-order valence-electron chi connectivity index (χ0n) is 11.6. The summed E-state index contributed by atoms with van der Waals surface area (Å²) in [6.45, 7) is 6.69. The van der Waals surface area contributed by atoms with Crippen molar-refractivity contribution in [1.29, 1.82) is 0 Å². The predicted octanol–water partition coefficient (Wildman–Crippen LogP) is 1.63. The first kappa shape index (κ1) is 15.6. The molecule has 0 bridgehead atoms. The van der Waals surface area contributed by atoms with E-state index in [1.54, 1.807) is 6.92 Å². The average Bonchev–Trinajstić information content (AvgIpc) is 2.67. The van der Waals surface area contributed by atoms with Gasteiger partial charge in [0.2, 0.25) is 5.91 Å². The molecule has 0 unspecified atom stereocenters. The summed E-state index contributed by atoms with van der Waals surface area (Å²) in [5.74, 6) is -0.283. The number of ether oxygens (including phenoxy) is 1. The second-order valence-electron chi connectivity index (χ2n) is 4.12. The SMILES string of the molecule is CCCNC(=O)Cc1nc(C)c(CC(=O)OCC)s1. The van der Waals surface area contributed by atoms with Crippen LogP contribution in [0.3, 0.4) is 0 Å². The van der Waals surface area contributed by atoms with Gasteiger partial charge in [-0.05, 0) is 20.3 Å². The maximum Gasteiger partial charge on any atom is 0.311 e. The van der Waals surface area contributed by atoms with Crippen LogP contribution in [0.4, 0.5) is 0 Å². The molecule has 106 valence electrons. The number of rotatable bonds is 7. The Morgan fingerprint density at radius 2 is 2.05 bits per heavy atom. The zero-order chi connectivity index (χ0) is 14.3. The van der Waals surface area contributed by atoms with Crippen molar-refractivity contribution in [2.45, 2.75) is 40.0 Å². The lowest BCUT2D eigenvalue weighted by Crippen LogP contribution is -2.25. The molecule has 1 rings (SSSR count). The number of nitrogens with zero attached hydrogens (tertiary/aromatic N) is 1. The van der Waals surface area contributed by atoms with Crippen molar-refractivity contribution in [2.75, 3.05) is 13.2 Å². The van der Waals surface area contributed by atoms with Crippen molar-refractivity contribution >= 4 is 23.2 Å². The highest BCUT2D eigenvalue weighted by Gasteiger charge is 2.14. The molecule has 1 amide bonds. The largest absolute Gasteiger partial charge is 0.466 e. The molecule has 6 heteroatoms. The minimum Gasteiger partial charge on any atom is -0.466 e. The second-order valence-corrected chi connectivity index (χ2v) is 5.29. The van der Waals surface area contributed by atoms with Gasteiger partial charge in [-0.15, -0.1) is 11.3 Å². The van der Waals surface area contributed by atoms with Gasteiger partial charge in [0.15, 0.2) is 0 Å². The van der Waals surface area contributed by atoms with Gasteiger partial charge >= 0.3 is 5.97 Å². The van der Waals surface area contributed by atoms with Crippen LogP contribution in [0.25, 0.3) is 0 Å². The summed E-state index contributed by atoms with van der Waals surface area (Å²) in [5, 5.41) is 3.55. The van der Waals surface area contributed by atoms with E-state index in [4.69, 9.17) is 4.74 Å². The maximum atomic E-state index is 11.6. The molecule has 0 aliphatic carbocycles. The lowest BCUT2D eigenvalue weighted by molar-refractivity contribution is -0.142. The molecule has 0 aliphatic rings. The highest BCUT2D eigenvalue weighted by molar-refractivity contribution is 7.12. The standard InChI is InChI=1S/C13H20N2O3S/c1-4-6-14-11(16)8-12-15-9(3)10(19-12)7-13(17)18-5-2/h4-8H2,1-3H3,(H,14,16). The Morgan fingerprint density at radius 1 is 1.32 bits per heavy atom. The fourth-order valence-electron chi connectivity index (χ4n) is 1.54. The van der Waals surface area contributed by atoms with Gasteiger partial charge in [0.05, 0.1) is 25.1 Å². The number of carbonyl (C=O) groups is 2. The van der Waals surface area contributed by atoms with Gasteiger partial charge in [-0.3, -0.25) is 9.59 Å². The minimum absolute atomic E-state index is 0.0294. The van der Waals surface area contributed by atoms with Gasteiger partial charge in [0.1, 0.15) is 5.01 Å². The highest BCUT2D eigenvalue weighted by atomic mass is 32.1. The second kappa shape index (κ2) is 7.89. The lowest BCUT2D eigenvalue weighted by Gasteiger charge is -2.00. The number of aryl methyl sites for hydroxylation is 1. The first-order valence-electron chi connectivity index (χ1n) is 6.44. The molecule has 0 spiro atoms. The predicted molar refractivity (Wildman–Crippen MR) is 74.2 cm³/mol. The van der Waals surface area contributed by atoms with Gasteiger partial charge in [-0.25, -0.2) is 4.98 Å². The number of aromatic nitrogens is 1. The molecule has 0 aromatic carbocycles. The summed E-state index contributed by atoms with van der Waals surface area (Å²) in [7, 11) is 0. The summed E-state index contributed by atoms with van der Waals surface area (Å²) in [6, 6.07) is 0. The normalized spacial score (nSPS) is 10.3. The van der Waals surface area contributed by atoms with Crippen LogP contribution in [0.2, 0.25) is 0 Å². The van der Waals surface area contributed by atoms with Crippen LogP contribution < -0.4 is 5.32 Å². The molecule has 1 aromatic heterocycles. The third-order valence-electron chi connectivity index (χ3n) is 2.43. The zero-order valence-corrected chi connectivity index (χ0v) is 12.4. The van der Waals surface area contributed by atoms with E-state index < -0.39 is 0 Å². The molecule has 0 aliphatic heterocycles. The van der Waals surface area contributed by atoms with Gasteiger partial charge < -0.3 is 10.1 Å². The highest BCUT2D eigenvalue weighted by Crippen LogP contribution is 2.19. The smallest absolute Gasteiger partial charge is 0.311 e. The summed E-state index contributed by atoms with van der Waals surface area (Å²) in [4.78, 5) is 28.2. The molecule has 0 saturated carbocycles. The van der Waals surface area contributed by atoms with Crippen molar-refractivity contribution in [1.82, 2.24) is 10.3 Å². The van der Waals surface area contributed by atoms with Crippen LogP contribution in [-0.2, 0) is 27.2 Å². The van der Waals surface area contributed by atoms with E-state index in [1.807, 2.05) is 13.8 Å². The number of carbonyl (C=O) groups excluding carboxylic acids is 2. The monoisotopic (exact) mass is 284 g/mol. The summed E-state index contributed by atoms with van der Waals surface area (Å²) >= 11 is 1.40. The molecule has 0 saturated heterocycles. The van der Waals surface area contributed by atoms with Crippen molar-refractivity contribution in [2.24, 2.45) is 0 Å². The van der Waals surface area contributed by atoms with Crippen LogP contribution in [0.15, 0.2) is 0 Å². The number of esters is 1. The number of thiazole rings is 1. The van der Waals surface area contributed by atoms with Crippen molar-refractivity contribution in [3.8, 4) is 0 Å². The molecule has 5 nitrogen and oxygen atoms in total.